The monoisotopic (exact) mass is 439 g/mol. The average molecular weight is 440 g/mol. The number of ether oxygens (including phenoxy) is 1. The summed E-state index contributed by atoms with van der Waals surface area (Å²) in [5, 5.41) is 5.32. The summed E-state index contributed by atoms with van der Waals surface area (Å²) in [5.41, 5.74) is 0.142. The Morgan fingerprint density at radius 2 is 1.93 bits per heavy atom. The van der Waals surface area contributed by atoms with Crippen LogP contribution in [0.4, 0.5) is 0 Å². The summed E-state index contributed by atoms with van der Waals surface area (Å²) in [6.45, 7) is 6.08. The summed E-state index contributed by atoms with van der Waals surface area (Å²) in [7, 11) is -2.50. The van der Waals surface area contributed by atoms with Gasteiger partial charge in [0.15, 0.2) is 0 Å². The SMILES string of the molecule is CCCNC(=O)C(C)NC(=O)c1ccc(OC)c(S(=O)(=O)NC2CCCCC2C)c1. The van der Waals surface area contributed by atoms with E-state index in [4.69, 9.17) is 4.74 Å². The maximum absolute atomic E-state index is 13.1. The Morgan fingerprint density at radius 3 is 2.57 bits per heavy atom. The molecule has 8 nitrogen and oxygen atoms in total. The van der Waals surface area contributed by atoms with Gasteiger partial charge in [0.25, 0.3) is 5.91 Å². The number of benzene rings is 1. The van der Waals surface area contributed by atoms with Gasteiger partial charge in [0.1, 0.15) is 16.7 Å². The fraction of sp³-hybridized carbons (Fsp3) is 0.619. The van der Waals surface area contributed by atoms with E-state index in [2.05, 4.69) is 15.4 Å². The summed E-state index contributed by atoms with van der Waals surface area (Å²) in [4.78, 5) is 24.5. The van der Waals surface area contributed by atoms with Crippen molar-refractivity contribution in [2.45, 2.75) is 69.9 Å². The van der Waals surface area contributed by atoms with E-state index in [1.165, 1.54) is 25.3 Å². The second kappa shape index (κ2) is 10.8. The first-order valence-corrected chi connectivity index (χ1v) is 12.0. The molecule has 3 N–H and O–H groups in total. The maximum atomic E-state index is 13.1. The Labute approximate surface area is 179 Å². The van der Waals surface area contributed by atoms with Crippen LogP contribution in [0.3, 0.4) is 0 Å². The predicted octanol–water partition coefficient (Wildman–Crippen LogP) is 2.20. The number of hydrogen-bond donors (Lipinski definition) is 3. The predicted molar refractivity (Wildman–Crippen MR) is 115 cm³/mol. The highest BCUT2D eigenvalue weighted by Crippen LogP contribution is 2.29. The van der Waals surface area contributed by atoms with Crippen LogP contribution in [0, 0.1) is 5.92 Å². The molecule has 1 fully saturated rings. The summed E-state index contributed by atoms with van der Waals surface area (Å²) in [5.74, 6) is -0.413. The second-order valence-corrected chi connectivity index (χ2v) is 9.52. The Kier molecular flexibility index (Phi) is 8.66. The van der Waals surface area contributed by atoms with Gasteiger partial charge in [0.2, 0.25) is 15.9 Å². The number of carbonyl (C=O) groups excluding carboxylic acids is 2. The molecule has 0 aliphatic heterocycles. The Morgan fingerprint density at radius 1 is 1.23 bits per heavy atom. The van der Waals surface area contributed by atoms with Crippen molar-refractivity contribution in [3.8, 4) is 5.75 Å². The lowest BCUT2D eigenvalue weighted by atomic mass is 9.87. The van der Waals surface area contributed by atoms with Gasteiger partial charge in [-0.05, 0) is 50.3 Å². The number of sulfonamides is 1. The van der Waals surface area contributed by atoms with Crippen LogP contribution in [0.2, 0.25) is 0 Å². The van der Waals surface area contributed by atoms with Gasteiger partial charge in [-0.2, -0.15) is 0 Å². The first-order valence-electron chi connectivity index (χ1n) is 10.5. The smallest absolute Gasteiger partial charge is 0.251 e. The van der Waals surface area contributed by atoms with Crippen LogP contribution in [0.5, 0.6) is 5.75 Å². The van der Waals surface area contributed by atoms with Crippen molar-refractivity contribution in [3.63, 3.8) is 0 Å². The van der Waals surface area contributed by atoms with E-state index < -0.39 is 22.0 Å². The minimum absolute atomic E-state index is 0.0847. The molecule has 1 aromatic carbocycles. The number of nitrogens with one attached hydrogen (secondary N) is 3. The molecule has 1 saturated carbocycles. The van der Waals surface area contributed by atoms with Crippen molar-refractivity contribution < 1.29 is 22.7 Å². The molecular weight excluding hydrogens is 406 g/mol. The third kappa shape index (κ3) is 6.18. The minimum atomic E-state index is -3.88. The molecule has 168 valence electrons. The van der Waals surface area contributed by atoms with Crippen LogP contribution in [0.15, 0.2) is 23.1 Å². The molecule has 0 aromatic heterocycles. The normalized spacial score (nSPS) is 20.3. The quantitative estimate of drug-likeness (QED) is 0.546. The molecule has 0 heterocycles. The van der Waals surface area contributed by atoms with Crippen LogP contribution in [0.25, 0.3) is 0 Å². The number of hydrogen-bond acceptors (Lipinski definition) is 5. The van der Waals surface area contributed by atoms with Gasteiger partial charge in [-0.1, -0.05) is 26.7 Å². The number of amides is 2. The van der Waals surface area contributed by atoms with Gasteiger partial charge in [0.05, 0.1) is 7.11 Å². The van der Waals surface area contributed by atoms with E-state index in [9.17, 15) is 18.0 Å². The van der Waals surface area contributed by atoms with Crippen molar-refractivity contribution in [2.75, 3.05) is 13.7 Å². The second-order valence-electron chi connectivity index (χ2n) is 7.84. The van der Waals surface area contributed by atoms with E-state index in [0.29, 0.717) is 6.54 Å². The van der Waals surface area contributed by atoms with E-state index in [1.54, 1.807) is 6.92 Å². The molecule has 2 amide bonds. The van der Waals surface area contributed by atoms with Crippen LogP contribution in [-0.4, -0.2) is 46.0 Å². The lowest BCUT2D eigenvalue weighted by Gasteiger charge is -2.29. The van der Waals surface area contributed by atoms with E-state index in [1.807, 2.05) is 13.8 Å². The van der Waals surface area contributed by atoms with Gasteiger partial charge in [-0.25, -0.2) is 13.1 Å². The first-order chi connectivity index (χ1) is 14.2. The zero-order chi connectivity index (χ0) is 22.3. The molecule has 1 aliphatic rings. The first kappa shape index (κ1) is 24.1. The molecular formula is C21H33N3O5S. The Bertz CT molecular complexity index is 856. The van der Waals surface area contributed by atoms with E-state index in [-0.39, 0.29) is 34.1 Å². The zero-order valence-electron chi connectivity index (χ0n) is 18.2. The van der Waals surface area contributed by atoms with Crippen molar-refractivity contribution in [3.05, 3.63) is 23.8 Å². The number of rotatable bonds is 9. The molecule has 9 heteroatoms. The highest BCUT2D eigenvalue weighted by molar-refractivity contribution is 7.89. The lowest BCUT2D eigenvalue weighted by molar-refractivity contribution is -0.122. The molecule has 30 heavy (non-hydrogen) atoms. The third-order valence-electron chi connectivity index (χ3n) is 5.42. The Balaban J connectivity index is 2.21. The van der Waals surface area contributed by atoms with Crippen molar-refractivity contribution in [1.82, 2.24) is 15.4 Å². The summed E-state index contributed by atoms with van der Waals surface area (Å²) in [6.07, 6.45) is 4.63. The molecule has 3 atom stereocenters. The van der Waals surface area contributed by atoms with E-state index >= 15 is 0 Å². The topological polar surface area (TPSA) is 114 Å². The largest absolute Gasteiger partial charge is 0.495 e. The van der Waals surface area contributed by atoms with Crippen LogP contribution in [-0.2, 0) is 14.8 Å². The zero-order valence-corrected chi connectivity index (χ0v) is 19.0. The van der Waals surface area contributed by atoms with Gasteiger partial charge >= 0.3 is 0 Å². The van der Waals surface area contributed by atoms with Crippen LogP contribution >= 0.6 is 0 Å². The van der Waals surface area contributed by atoms with Crippen molar-refractivity contribution >= 4 is 21.8 Å². The van der Waals surface area contributed by atoms with Crippen LogP contribution in [0.1, 0.15) is 63.2 Å². The van der Waals surface area contributed by atoms with Gasteiger partial charge in [0, 0.05) is 18.2 Å². The molecule has 1 aromatic rings. The fourth-order valence-electron chi connectivity index (χ4n) is 3.53. The maximum Gasteiger partial charge on any atom is 0.251 e. The van der Waals surface area contributed by atoms with Gasteiger partial charge in [-0.3, -0.25) is 9.59 Å². The van der Waals surface area contributed by atoms with Crippen molar-refractivity contribution in [2.24, 2.45) is 5.92 Å². The summed E-state index contributed by atoms with van der Waals surface area (Å²) in [6, 6.07) is 3.34. The lowest BCUT2D eigenvalue weighted by Crippen LogP contribution is -2.45. The molecule has 3 unspecified atom stereocenters. The molecule has 0 spiro atoms. The average Bonchev–Trinajstić information content (AvgIpc) is 2.72. The number of carbonyl (C=O) groups is 2. The molecule has 0 radical (unpaired) electrons. The van der Waals surface area contributed by atoms with Crippen molar-refractivity contribution in [1.29, 1.82) is 0 Å². The minimum Gasteiger partial charge on any atom is -0.495 e. The highest BCUT2D eigenvalue weighted by atomic mass is 32.2. The summed E-state index contributed by atoms with van der Waals surface area (Å²) < 4.78 is 34.1. The molecule has 0 bridgehead atoms. The van der Waals surface area contributed by atoms with E-state index in [0.717, 1.165) is 32.1 Å². The van der Waals surface area contributed by atoms with Gasteiger partial charge in [-0.15, -0.1) is 0 Å². The number of methoxy groups -OCH3 is 1. The highest BCUT2D eigenvalue weighted by Gasteiger charge is 2.29. The standard InChI is InChI=1S/C21H33N3O5S/c1-5-12-22-20(25)15(3)23-21(26)16-10-11-18(29-4)19(13-16)30(27,28)24-17-9-7-6-8-14(17)2/h10-11,13-15,17,24H,5-9,12H2,1-4H3,(H,22,25)(H,23,26). The molecule has 1 aliphatic carbocycles. The summed E-state index contributed by atoms with van der Waals surface area (Å²) >= 11 is 0. The third-order valence-corrected chi connectivity index (χ3v) is 6.93. The molecule has 0 saturated heterocycles. The Hall–Kier alpha value is -2.13. The molecule has 2 rings (SSSR count). The fourth-order valence-corrected chi connectivity index (χ4v) is 5.10. The van der Waals surface area contributed by atoms with Gasteiger partial charge < -0.3 is 15.4 Å². The van der Waals surface area contributed by atoms with Crippen LogP contribution < -0.4 is 20.1 Å².